The molecule has 1 saturated heterocycles. The Morgan fingerprint density at radius 1 is 1.24 bits per heavy atom. The topological polar surface area (TPSA) is 96.2 Å². The predicted octanol–water partition coefficient (Wildman–Crippen LogP) is -0.449. The molecule has 1 fully saturated rings. The van der Waals surface area contributed by atoms with Gasteiger partial charge in [-0.15, -0.1) is 0 Å². The smallest absolute Gasteiger partial charge is 0.312 e. The van der Waals surface area contributed by atoms with Crippen molar-refractivity contribution in [1.82, 2.24) is 16.0 Å². The van der Waals surface area contributed by atoms with Crippen LogP contribution in [0.5, 0.6) is 0 Å². The summed E-state index contributed by atoms with van der Waals surface area (Å²) in [7, 11) is 0. The van der Waals surface area contributed by atoms with Crippen molar-refractivity contribution in [1.29, 1.82) is 0 Å². The largest absolute Gasteiger partial charge is 0.354 e. The van der Waals surface area contributed by atoms with Crippen molar-refractivity contribution in [2.75, 3.05) is 26.2 Å². The minimum absolute atomic E-state index is 0.0905. The fraction of sp³-hybridized carbons (Fsp3) is 0.818. The van der Waals surface area contributed by atoms with Gasteiger partial charge in [-0.3, -0.25) is 4.79 Å². The van der Waals surface area contributed by atoms with Gasteiger partial charge in [-0.05, 0) is 32.4 Å². The minimum Gasteiger partial charge on any atom is -0.354 e. The second kappa shape index (κ2) is 6.44. The van der Waals surface area contributed by atoms with Crippen molar-refractivity contribution in [2.45, 2.75) is 26.2 Å². The lowest BCUT2D eigenvalue weighted by molar-refractivity contribution is -0.132. The van der Waals surface area contributed by atoms with Gasteiger partial charge in [-0.1, -0.05) is 6.92 Å². The number of urea groups is 1. The summed E-state index contributed by atoms with van der Waals surface area (Å²) in [6, 6.07) is -0.564. The van der Waals surface area contributed by atoms with Gasteiger partial charge in [-0.25, -0.2) is 4.79 Å². The summed E-state index contributed by atoms with van der Waals surface area (Å²) in [6.45, 7) is 4.63. The Balaban J connectivity index is 2.36. The van der Waals surface area contributed by atoms with E-state index in [2.05, 4.69) is 16.0 Å². The van der Waals surface area contributed by atoms with Gasteiger partial charge in [0.05, 0.1) is 5.41 Å². The van der Waals surface area contributed by atoms with Crippen LogP contribution in [0.1, 0.15) is 26.2 Å². The molecule has 0 atom stereocenters. The highest BCUT2D eigenvalue weighted by Crippen LogP contribution is 2.32. The SMILES string of the molecule is CCC1(C(=O)NCCNC(N)=O)CCNCC1. The first-order valence-electron chi connectivity index (χ1n) is 6.13. The zero-order valence-corrected chi connectivity index (χ0v) is 10.3. The zero-order chi connectivity index (χ0) is 12.7. The van der Waals surface area contributed by atoms with Crippen molar-refractivity contribution in [3.8, 4) is 0 Å². The summed E-state index contributed by atoms with van der Waals surface area (Å²) in [4.78, 5) is 22.6. The van der Waals surface area contributed by atoms with E-state index in [1.54, 1.807) is 0 Å². The number of amides is 3. The Morgan fingerprint density at radius 2 is 1.82 bits per heavy atom. The van der Waals surface area contributed by atoms with Crippen molar-refractivity contribution < 1.29 is 9.59 Å². The highest BCUT2D eigenvalue weighted by Gasteiger charge is 2.37. The van der Waals surface area contributed by atoms with Gasteiger partial charge in [0.1, 0.15) is 0 Å². The van der Waals surface area contributed by atoms with E-state index in [4.69, 9.17) is 5.73 Å². The maximum Gasteiger partial charge on any atom is 0.312 e. The summed E-state index contributed by atoms with van der Waals surface area (Å²) in [5.41, 5.74) is 4.70. The Morgan fingerprint density at radius 3 is 2.35 bits per heavy atom. The molecule has 0 saturated carbocycles. The van der Waals surface area contributed by atoms with Gasteiger partial charge in [0.2, 0.25) is 5.91 Å². The molecule has 1 aliphatic heterocycles. The van der Waals surface area contributed by atoms with E-state index < -0.39 is 6.03 Å². The quantitative estimate of drug-likeness (QED) is 0.492. The molecule has 1 aliphatic rings. The Hall–Kier alpha value is -1.30. The van der Waals surface area contributed by atoms with Gasteiger partial charge in [0.15, 0.2) is 0 Å². The van der Waals surface area contributed by atoms with Crippen molar-refractivity contribution in [3.63, 3.8) is 0 Å². The van der Waals surface area contributed by atoms with Crippen LogP contribution in [0.25, 0.3) is 0 Å². The van der Waals surface area contributed by atoms with E-state index in [1.165, 1.54) is 0 Å². The van der Waals surface area contributed by atoms with Gasteiger partial charge >= 0.3 is 6.03 Å². The molecule has 17 heavy (non-hydrogen) atoms. The molecule has 1 heterocycles. The molecule has 0 radical (unpaired) electrons. The average Bonchev–Trinajstić information content (AvgIpc) is 2.35. The first-order chi connectivity index (χ1) is 8.10. The first-order valence-corrected chi connectivity index (χ1v) is 6.13. The maximum atomic E-state index is 12.1. The highest BCUT2D eigenvalue weighted by atomic mass is 16.2. The van der Waals surface area contributed by atoms with Crippen LogP contribution >= 0.6 is 0 Å². The second-order valence-electron chi connectivity index (χ2n) is 4.43. The van der Waals surface area contributed by atoms with Gasteiger partial charge in [-0.2, -0.15) is 0 Å². The van der Waals surface area contributed by atoms with Crippen LogP contribution in [0.3, 0.4) is 0 Å². The average molecular weight is 242 g/mol. The Labute approximate surface area is 102 Å². The van der Waals surface area contributed by atoms with Crippen LogP contribution < -0.4 is 21.7 Å². The number of nitrogens with two attached hydrogens (primary N) is 1. The number of nitrogens with one attached hydrogen (secondary N) is 3. The van der Waals surface area contributed by atoms with Crippen molar-refractivity contribution in [2.24, 2.45) is 11.1 Å². The molecule has 6 nitrogen and oxygen atoms in total. The van der Waals surface area contributed by atoms with Crippen molar-refractivity contribution >= 4 is 11.9 Å². The molecule has 98 valence electrons. The van der Waals surface area contributed by atoms with Gasteiger partial charge in [0.25, 0.3) is 0 Å². The number of rotatable bonds is 5. The summed E-state index contributed by atoms with van der Waals surface area (Å²) in [6.07, 6.45) is 2.60. The molecule has 0 aromatic carbocycles. The van der Waals surface area contributed by atoms with E-state index in [0.29, 0.717) is 13.1 Å². The van der Waals surface area contributed by atoms with E-state index in [0.717, 1.165) is 32.4 Å². The molecule has 0 spiro atoms. The second-order valence-corrected chi connectivity index (χ2v) is 4.43. The fourth-order valence-electron chi connectivity index (χ4n) is 2.20. The minimum atomic E-state index is -0.564. The van der Waals surface area contributed by atoms with E-state index in [-0.39, 0.29) is 11.3 Å². The molecule has 0 aliphatic carbocycles. The summed E-state index contributed by atoms with van der Waals surface area (Å²) < 4.78 is 0. The summed E-state index contributed by atoms with van der Waals surface area (Å²) in [5.74, 6) is 0.0905. The third-order valence-electron chi connectivity index (χ3n) is 3.43. The number of carbonyl (C=O) groups excluding carboxylic acids is 2. The number of hydrogen-bond acceptors (Lipinski definition) is 3. The predicted molar refractivity (Wildman–Crippen MR) is 65.4 cm³/mol. The lowest BCUT2D eigenvalue weighted by Crippen LogP contribution is -2.48. The molecule has 0 aromatic rings. The Kier molecular flexibility index (Phi) is 5.21. The lowest BCUT2D eigenvalue weighted by atomic mass is 9.76. The molecule has 6 heteroatoms. The highest BCUT2D eigenvalue weighted by molar-refractivity contribution is 5.82. The zero-order valence-electron chi connectivity index (χ0n) is 10.3. The third kappa shape index (κ3) is 3.89. The van der Waals surface area contributed by atoms with Crippen LogP contribution in [0.15, 0.2) is 0 Å². The number of primary amides is 1. The van der Waals surface area contributed by atoms with Crippen LogP contribution in [0.4, 0.5) is 4.79 Å². The third-order valence-corrected chi connectivity index (χ3v) is 3.43. The van der Waals surface area contributed by atoms with Crippen LogP contribution in [0.2, 0.25) is 0 Å². The number of piperidine rings is 1. The first kappa shape index (κ1) is 13.8. The van der Waals surface area contributed by atoms with E-state index in [1.807, 2.05) is 6.92 Å². The number of hydrogen-bond donors (Lipinski definition) is 4. The summed E-state index contributed by atoms with van der Waals surface area (Å²) in [5, 5.41) is 8.57. The molecular formula is C11H22N4O2. The van der Waals surface area contributed by atoms with Gasteiger partial charge in [0, 0.05) is 13.1 Å². The molecule has 3 amide bonds. The molecular weight excluding hydrogens is 220 g/mol. The summed E-state index contributed by atoms with van der Waals surface area (Å²) >= 11 is 0. The van der Waals surface area contributed by atoms with Gasteiger partial charge < -0.3 is 21.7 Å². The van der Waals surface area contributed by atoms with E-state index >= 15 is 0 Å². The van der Waals surface area contributed by atoms with Crippen LogP contribution in [-0.4, -0.2) is 38.1 Å². The monoisotopic (exact) mass is 242 g/mol. The maximum absolute atomic E-state index is 12.1. The van der Waals surface area contributed by atoms with Crippen LogP contribution in [0, 0.1) is 5.41 Å². The number of carbonyl (C=O) groups is 2. The fourth-order valence-corrected chi connectivity index (χ4v) is 2.20. The van der Waals surface area contributed by atoms with Crippen LogP contribution in [-0.2, 0) is 4.79 Å². The molecule has 0 unspecified atom stereocenters. The molecule has 0 bridgehead atoms. The molecule has 0 aromatic heterocycles. The molecule has 5 N–H and O–H groups in total. The lowest BCUT2D eigenvalue weighted by Gasteiger charge is -2.35. The molecule has 1 rings (SSSR count). The standard InChI is InChI=1S/C11H22N4O2/c1-2-11(3-5-13-6-4-11)9(16)14-7-8-15-10(12)17/h13H,2-8H2,1H3,(H,14,16)(H3,12,15,17). The Bertz CT molecular complexity index is 275. The normalized spacial score (nSPS) is 18.4. The van der Waals surface area contributed by atoms with Crippen molar-refractivity contribution in [3.05, 3.63) is 0 Å². The van der Waals surface area contributed by atoms with E-state index in [9.17, 15) is 9.59 Å².